The number of fused-ring (bicyclic) bond motifs is 7. The van der Waals surface area contributed by atoms with Gasteiger partial charge in [-0.05, 0) is 176 Å². The van der Waals surface area contributed by atoms with Gasteiger partial charge in [-0.1, -0.05) is 44.2 Å². The zero-order chi connectivity index (χ0) is 49.1. The van der Waals surface area contributed by atoms with Crippen LogP contribution in [0.2, 0.25) is 0 Å². The summed E-state index contributed by atoms with van der Waals surface area (Å²) in [4.78, 5) is 25.8. The van der Waals surface area contributed by atoms with Crippen LogP contribution in [0.3, 0.4) is 0 Å². The molecule has 0 amide bonds. The maximum atomic E-state index is 16.3. The minimum Gasteiger partial charge on any atom is -0.668 e. The number of anilines is 2. The highest BCUT2D eigenvalue weighted by Gasteiger charge is 2.57. The predicted molar refractivity (Wildman–Crippen MR) is 270 cm³/mol. The van der Waals surface area contributed by atoms with E-state index in [0.29, 0.717) is 81.3 Å². The van der Waals surface area contributed by atoms with Crippen molar-refractivity contribution in [2.75, 3.05) is 32.1 Å². The van der Waals surface area contributed by atoms with Gasteiger partial charge in [-0.2, -0.15) is 11.9 Å². The first kappa shape index (κ1) is 48.7. The van der Waals surface area contributed by atoms with Crippen molar-refractivity contribution in [2.24, 2.45) is 17.8 Å². The molecule has 2 aromatic heterocycles. The van der Waals surface area contributed by atoms with E-state index in [1.165, 1.54) is 6.07 Å². The standard InChI is InChI=1S/C57H67N4O9/c1-33(2)7-5-23-69-51-29-37(28-50(67)55(51)68)36-25-38(32-58-3)53-42-14-13-41(62)26-35(42)10-15-45(53)61-52-30-39(19-22-60-52)57(20-18-46(63)44(57)31-40-8-4-21-59-40)54(49(66)27-36)47(64)16-11-34-12-17-48(65)56-43(34)9-6-24-70-56/h4,8,10,12-15,17,19,21-22,26,28-30,33,36,38,44,46-47,54,58,62-65,67-68H,5-7,9,11,16,18,20,23-25,27,31-32H2,1-3H3,(H,60,61)/q-1/t36-,38-,44-,46+,47+,54+,57+/m0/s1. The van der Waals surface area contributed by atoms with Gasteiger partial charge in [0.1, 0.15) is 17.4 Å². The Labute approximate surface area is 409 Å². The minimum atomic E-state index is -1.20. The summed E-state index contributed by atoms with van der Waals surface area (Å²) in [7, 11) is 1.88. The number of Topliss-reactive ketones (excluding diaryl/α,β-unsaturated/α-hetero) is 1. The van der Waals surface area contributed by atoms with Crippen molar-refractivity contribution in [1.82, 2.24) is 15.3 Å². The fourth-order valence-corrected chi connectivity index (χ4v) is 12.2. The van der Waals surface area contributed by atoms with Crippen LogP contribution in [-0.2, 0) is 29.5 Å². The molecule has 1 aliphatic carbocycles. The van der Waals surface area contributed by atoms with E-state index in [4.69, 9.17) is 14.5 Å². The Morgan fingerprint density at radius 2 is 1.86 bits per heavy atom. The number of ketones is 1. The average Bonchev–Trinajstić information content (AvgIpc) is 3.98. The van der Waals surface area contributed by atoms with Crippen LogP contribution in [0.1, 0.15) is 111 Å². The largest absolute Gasteiger partial charge is 0.668 e. The number of nitrogens with zero attached hydrogens (tertiary/aromatic N) is 2. The molecule has 3 aliphatic rings. The molecule has 1 fully saturated rings. The van der Waals surface area contributed by atoms with E-state index in [1.807, 2.05) is 55.6 Å². The number of phenols is 4. The van der Waals surface area contributed by atoms with Crippen molar-refractivity contribution in [3.8, 4) is 34.5 Å². The van der Waals surface area contributed by atoms with E-state index in [0.717, 1.165) is 63.7 Å². The molecule has 9 rings (SSSR count). The molecular formula is C57H67N4O9-. The van der Waals surface area contributed by atoms with Gasteiger partial charge in [0.15, 0.2) is 23.0 Å². The van der Waals surface area contributed by atoms with Gasteiger partial charge in [0.25, 0.3) is 0 Å². The quantitative estimate of drug-likeness (QED) is 0.0379. The number of aromatic hydroxyl groups is 4. The number of ether oxygens (including phenoxy) is 2. The molecule has 13 heteroatoms. The molecule has 370 valence electrons. The van der Waals surface area contributed by atoms with Gasteiger partial charge in [-0.3, -0.25) is 4.79 Å². The van der Waals surface area contributed by atoms with Crippen molar-refractivity contribution in [2.45, 2.75) is 114 Å². The van der Waals surface area contributed by atoms with Gasteiger partial charge in [0.2, 0.25) is 5.75 Å². The van der Waals surface area contributed by atoms with Crippen LogP contribution in [0.5, 0.6) is 34.5 Å². The van der Waals surface area contributed by atoms with E-state index in [1.54, 1.807) is 36.7 Å². The van der Waals surface area contributed by atoms with E-state index >= 15 is 4.79 Å². The van der Waals surface area contributed by atoms with Crippen LogP contribution in [0, 0.1) is 17.8 Å². The summed E-state index contributed by atoms with van der Waals surface area (Å²) in [5.41, 5.74) is 4.58. The van der Waals surface area contributed by atoms with Gasteiger partial charge < -0.3 is 55.7 Å². The molecule has 7 atom stereocenters. The molecule has 2 aliphatic heterocycles. The lowest BCUT2D eigenvalue weighted by atomic mass is 9.58. The van der Waals surface area contributed by atoms with Crippen molar-refractivity contribution < 1.29 is 44.9 Å². The smallest absolute Gasteiger partial charge is 0.200 e. The van der Waals surface area contributed by atoms with Crippen LogP contribution in [0.25, 0.3) is 10.8 Å². The number of likely N-dealkylation sites (N-methyl/N-ethyl adjacent to an activating group) is 1. The Kier molecular flexibility index (Phi) is 14.6. The zero-order valence-electron chi connectivity index (χ0n) is 40.4. The molecule has 1 saturated carbocycles. The fourth-order valence-electron chi connectivity index (χ4n) is 12.2. The molecular weight excluding hydrogens is 885 g/mol. The molecule has 6 aromatic rings. The predicted octanol–water partition coefficient (Wildman–Crippen LogP) is 9.21. The molecule has 2 bridgehead atoms. The number of nitrogens with one attached hydrogen (secondary N) is 2. The second-order valence-electron chi connectivity index (χ2n) is 20.3. The first-order chi connectivity index (χ1) is 33.8. The molecule has 70 heavy (non-hydrogen) atoms. The highest BCUT2D eigenvalue weighted by Crippen LogP contribution is 2.56. The second-order valence-corrected chi connectivity index (χ2v) is 20.3. The van der Waals surface area contributed by atoms with E-state index < -0.39 is 35.4 Å². The summed E-state index contributed by atoms with van der Waals surface area (Å²) >= 11 is 0. The van der Waals surface area contributed by atoms with Gasteiger partial charge in [0.05, 0.1) is 31.3 Å². The van der Waals surface area contributed by atoms with Crippen LogP contribution < -0.4 is 25.1 Å². The first-order valence-electron chi connectivity index (χ1n) is 25.1. The maximum absolute atomic E-state index is 16.3. The Morgan fingerprint density at radius 1 is 1.00 bits per heavy atom. The van der Waals surface area contributed by atoms with Crippen molar-refractivity contribution in [1.29, 1.82) is 0 Å². The number of carbonyl (C=O) groups excluding carboxylic acids is 1. The van der Waals surface area contributed by atoms with Gasteiger partial charge >= 0.3 is 0 Å². The molecule has 4 aromatic carbocycles. The lowest BCUT2D eigenvalue weighted by Gasteiger charge is -2.46. The van der Waals surface area contributed by atoms with Crippen LogP contribution in [0.4, 0.5) is 11.5 Å². The number of aromatic nitrogens is 2. The van der Waals surface area contributed by atoms with E-state index in [-0.39, 0.29) is 53.3 Å². The third-order valence-corrected chi connectivity index (χ3v) is 15.4. The van der Waals surface area contributed by atoms with E-state index in [2.05, 4.69) is 29.5 Å². The number of aliphatic hydroxyl groups is 2. The lowest BCUT2D eigenvalue weighted by molar-refractivity contribution is -0.132. The minimum absolute atomic E-state index is 0.0627. The monoisotopic (exact) mass is 951 g/mol. The van der Waals surface area contributed by atoms with Crippen LogP contribution in [-0.4, -0.2) is 80.4 Å². The Hall–Kier alpha value is -6.28. The number of carbonyl (C=O) groups is 1. The van der Waals surface area contributed by atoms with Gasteiger partial charge in [0, 0.05) is 35.8 Å². The third kappa shape index (κ3) is 9.89. The highest BCUT2D eigenvalue weighted by atomic mass is 16.5. The fraction of sp³-hybridized carbons (Fsp3) is 0.439. The highest BCUT2D eigenvalue weighted by molar-refractivity contribution is 5.93. The summed E-state index contributed by atoms with van der Waals surface area (Å²) in [5.74, 6) is -1.60. The third-order valence-electron chi connectivity index (χ3n) is 15.4. The maximum Gasteiger partial charge on any atom is 0.200 e. The molecule has 0 saturated heterocycles. The Morgan fingerprint density at radius 3 is 2.66 bits per heavy atom. The Bertz CT molecular complexity index is 2800. The number of phenolic OH excluding ortho intramolecular Hbond substituents is 4. The number of benzene rings is 4. The molecule has 0 unspecified atom stereocenters. The van der Waals surface area contributed by atoms with Crippen LogP contribution in [0.15, 0.2) is 91.3 Å². The topological polar surface area (TPSA) is 208 Å². The summed E-state index contributed by atoms with van der Waals surface area (Å²) in [6.07, 6.45) is 6.65. The summed E-state index contributed by atoms with van der Waals surface area (Å²) < 4.78 is 12.1. The average molecular weight is 952 g/mol. The molecule has 4 heterocycles. The molecule has 8 N–H and O–H groups in total. The number of aliphatic hydroxyl groups excluding tert-OH is 2. The van der Waals surface area contributed by atoms with E-state index in [9.17, 15) is 30.6 Å². The Balaban J connectivity index is 1.23. The zero-order valence-corrected chi connectivity index (χ0v) is 40.4. The summed E-state index contributed by atoms with van der Waals surface area (Å²) in [6, 6.07) is 23.7. The van der Waals surface area contributed by atoms with Crippen molar-refractivity contribution in [3.63, 3.8) is 0 Å². The molecule has 1 spiro atoms. The number of rotatable bonds is 14. The normalized spacial score (nSPS) is 22.9. The molecule has 0 radical (unpaired) electrons. The lowest BCUT2D eigenvalue weighted by Crippen LogP contribution is -2.51. The molecule has 13 nitrogen and oxygen atoms in total. The summed E-state index contributed by atoms with van der Waals surface area (Å²) in [6.45, 7) is 5.57. The van der Waals surface area contributed by atoms with Crippen LogP contribution >= 0.6 is 0 Å². The SMILES string of the molecule is CNC[C@@H]1C[C@H](c2cc(O)c(O)c(OCCCC(C)C)c2)CC(=O)[C@@H]([C@H](O)CCc2ccc(O)c3c2CCCO3)[C@]2(CC[C@@H](O)[C@@H]2Cc2ccc[n-]2)c2ccnc(c2)Nc2ccc3cc(O)ccc3c21. The van der Waals surface area contributed by atoms with Gasteiger partial charge in [-0.25, -0.2) is 4.98 Å². The second kappa shape index (κ2) is 21.0. The number of hydrogen-bond donors (Lipinski definition) is 8. The number of aryl methyl sites for hydroxylation is 1. The number of hydrogen-bond acceptors (Lipinski definition) is 12. The number of pyridine rings is 1. The summed E-state index contributed by atoms with van der Waals surface area (Å²) in [5, 5.41) is 78.2. The van der Waals surface area contributed by atoms with Crippen molar-refractivity contribution in [3.05, 3.63) is 125 Å². The first-order valence-corrected chi connectivity index (χ1v) is 25.1. The van der Waals surface area contributed by atoms with Gasteiger partial charge in [-0.15, -0.1) is 0 Å². The van der Waals surface area contributed by atoms with Crippen molar-refractivity contribution >= 4 is 28.1 Å².